The number of aromatic nitrogens is 1. The molecule has 0 radical (unpaired) electrons. The molecule has 2 heterocycles. The Morgan fingerprint density at radius 1 is 0.911 bits per heavy atom. The number of alkyl halides is 3. The number of nitrogens with one attached hydrogen (secondary N) is 2. The number of sulfonamides is 1. The lowest BCUT2D eigenvalue weighted by molar-refractivity contribution is -0.137. The quantitative estimate of drug-likeness (QED) is 0.238. The van der Waals surface area contributed by atoms with Gasteiger partial charge in [-0.15, -0.1) is 0 Å². The van der Waals surface area contributed by atoms with Crippen LogP contribution in [-0.4, -0.2) is 63.2 Å². The van der Waals surface area contributed by atoms with E-state index in [4.69, 9.17) is 4.74 Å². The van der Waals surface area contributed by atoms with Gasteiger partial charge in [0.05, 0.1) is 23.7 Å². The van der Waals surface area contributed by atoms with Crippen molar-refractivity contribution in [1.29, 1.82) is 0 Å². The SMILES string of the molecule is CC(C)(C)c1ccc(Cn2c(C(=O)NCCN3CCOCC3)cc3cc(NS(=O)(=O)c4cccc(C(F)(F)F)c4)ccc32)cc1. The molecule has 1 amide bonds. The molecule has 1 aliphatic heterocycles. The van der Waals surface area contributed by atoms with E-state index in [0.717, 1.165) is 36.9 Å². The van der Waals surface area contributed by atoms with Crippen molar-refractivity contribution in [1.82, 2.24) is 14.8 Å². The summed E-state index contributed by atoms with van der Waals surface area (Å²) in [6.45, 7) is 10.9. The number of ether oxygens (including phenoxy) is 1. The maximum atomic E-state index is 13.5. The number of fused-ring (bicyclic) bond motifs is 1. The molecule has 0 unspecified atom stereocenters. The van der Waals surface area contributed by atoms with Crippen LogP contribution in [0.3, 0.4) is 0 Å². The van der Waals surface area contributed by atoms with Gasteiger partial charge >= 0.3 is 6.18 Å². The highest BCUT2D eigenvalue weighted by Crippen LogP contribution is 2.32. The number of halogens is 3. The van der Waals surface area contributed by atoms with Crippen LogP contribution in [0.5, 0.6) is 0 Å². The van der Waals surface area contributed by atoms with E-state index in [-0.39, 0.29) is 17.0 Å². The molecule has 0 bridgehead atoms. The van der Waals surface area contributed by atoms with Crippen molar-refractivity contribution in [3.05, 3.63) is 95.2 Å². The Balaban J connectivity index is 1.43. The van der Waals surface area contributed by atoms with E-state index in [0.29, 0.717) is 55.5 Å². The van der Waals surface area contributed by atoms with Crippen LogP contribution in [0.25, 0.3) is 10.9 Å². The summed E-state index contributed by atoms with van der Waals surface area (Å²) < 4.78 is 75.3. The molecule has 0 spiro atoms. The van der Waals surface area contributed by atoms with E-state index in [2.05, 4.69) is 47.8 Å². The number of anilines is 1. The van der Waals surface area contributed by atoms with Gasteiger partial charge in [0.25, 0.3) is 15.9 Å². The molecule has 1 aromatic heterocycles. The first kappa shape index (κ1) is 32.5. The fourth-order valence-electron chi connectivity index (χ4n) is 5.28. The smallest absolute Gasteiger partial charge is 0.379 e. The Kier molecular flexibility index (Phi) is 9.29. The van der Waals surface area contributed by atoms with Crippen LogP contribution >= 0.6 is 0 Å². The summed E-state index contributed by atoms with van der Waals surface area (Å²) in [5.74, 6) is -0.267. The topological polar surface area (TPSA) is 92.7 Å². The minimum atomic E-state index is -4.68. The van der Waals surface area contributed by atoms with Gasteiger partial charge in [0.1, 0.15) is 5.69 Å². The standard InChI is InChI=1S/C33H37F3N4O4S/c1-32(2,3)25-9-7-23(8-10-25)22-40-29-12-11-27(38-45(42,43)28-6-4-5-26(21-28)33(34,35)36)19-24(29)20-30(40)31(41)37-13-14-39-15-17-44-18-16-39/h4-12,19-21,38H,13-18,22H2,1-3H3,(H,37,41). The monoisotopic (exact) mass is 642 g/mol. The maximum absolute atomic E-state index is 13.5. The number of hydrogen-bond acceptors (Lipinski definition) is 5. The van der Waals surface area contributed by atoms with Crippen molar-refractivity contribution in [2.75, 3.05) is 44.1 Å². The van der Waals surface area contributed by atoms with Crippen LogP contribution in [0.1, 0.15) is 48.0 Å². The van der Waals surface area contributed by atoms with Crippen LogP contribution in [-0.2, 0) is 32.9 Å². The first-order valence-corrected chi connectivity index (χ1v) is 16.2. The summed E-state index contributed by atoms with van der Waals surface area (Å²) in [6, 6.07) is 18.3. The first-order chi connectivity index (χ1) is 21.2. The highest BCUT2D eigenvalue weighted by atomic mass is 32.2. The van der Waals surface area contributed by atoms with E-state index in [1.807, 2.05) is 16.7 Å². The Labute approximate surface area is 261 Å². The van der Waals surface area contributed by atoms with Gasteiger partial charge < -0.3 is 14.6 Å². The number of amides is 1. The molecule has 8 nitrogen and oxygen atoms in total. The minimum absolute atomic E-state index is 0.0119. The first-order valence-electron chi connectivity index (χ1n) is 14.7. The zero-order valence-electron chi connectivity index (χ0n) is 25.4. The van der Waals surface area contributed by atoms with E-state index in [1.165, 1.54) is 11.6 Å². The van der Waals surface area contributed by atoms with Crippen LogP contribution in [0.2, 0.25) is 0 Å². The van der Waals surface area contributed by atoms with Crippen molar-refractivity contribution in [3.8, 4) is 0 Å². The van der Waals surface area contributed by atoms with Crippen molar-refractivity contribution in [2.24, 2.45) is 0 Å². The number of carbonyl (C=O) groups excluding carboxylic acids is 1. The van der Waals surface area contributed by atoms with Gasteiger partial charge in [-0.1, -0.05) is 51.1 Å². The van der Waals surface area contributed by atoms with E-state index in [1.54, 1.807) is 18.2 Å². The lowest BCUT2D eigenvalue weighted by atomic mass is 9.87. The molecule has 2 N–H and O–H groups in total. The van der Waals surface area contributed by atoms with E-state index >= 15 is 0 Å². The van der Waals surface area contributed by atoms with E-state index < -0.39 is 26.7 Å². The molecule has 1 fully saturated rings. The number of carbonyl (C=O) groups is 1. The van der Waals surface area contributed by atoms with Gasteiger partial charge in [-0.05, 0) is 59.0 Å². The van der Waals surface area contributed by atoms with Crippen LogP contribution < -0.4 is 10.0 Å². The lowest BCUT2D eigenvalue weighted by Gasteiger charge is -2.26. The Morgan fingerprint density at radius 3 is 2.29 bits per heavy atom. The molecule has 1 aliphatic rings. The molecule has 0 atom stereocenters. The maximum Gasteiger partial charge on any atom is 0.416 e. The molecular formula is C33H37F3N4O4S. The Morgan fingerprint density at radius 2 is 1.62 bits per heavy atom. The third-order valence-corrected chi connectivity index (χ3v) is 9.21. The van der Waals surface area contributed by atoms with Crippen LogP contribution in [0.4, 0.5) is 18.9 Å². The fourth-order valence-corrected chi connectivity index (χ4v) is 6.38. The highest BCUT2D eigenvalue weighted by Gasteiger charge is 2.31. The second-order valence-electron chi connectivity index (χ2n) is 12.2. The van der Waals surface area contributed by atoms with Crippen LogP contribution in [0, 0.1) is 0 Å². The van der Waals surface area contributed by atoms with Gasteiger partial charge in [-0.25, -0.2) is 8.42 Å². The summed E-state index contributed by atoms with van der Waals surface area (Å²) >= 11 is 0. The van der Waals surface area contributed by atoms with Crippen LogP contribution in [0.15, 0.2) is 77.7 Å². The normalized spacial score (nSPS) is 14.9. The molecule has 5 rings (SSSR count). The molecule has 240 valence electrons. The van der Waals surface area contributed by atoms with Crippen molar-refractivity contribution in [3.63, 3.8) is 0 Å². The third kappa shape index (κ3) is 7.86. The molecular weight excluding hydrogens is 605 g/mol. The molecule has 45 heavy (non-hydrogen) atoms. The Hall–Kier alpha value is -3.87. The molecule has 1 saturated heterocycles. The van der Waals surface area contributed by atoms with Gasteiger partial charge in [-0.3, -0.25) is 14.4 Å². The largest absolute Gasteiger partial charge is 0.416 e. The van der Waals surface area contributed by atoms with Gasteiger partial charge in [0.15, 0.2) is 0 Å². The van der Waals surface area contributed by atoms with E-state index in [9.17, 15) is 26.4 Å². The van der Waals surface area contributed by atoms with Gasteiger partial charge in [0, 0.05) is 49.3 Å². The number of benzene rings is 3. The minimum Gasteiger partial charge on any atom is -0.379 e. The number of morpholine rings is 1. The predicted octanol–water partition coefficient (Wildman–Crippen LogP) is 5.87. The second-order valence-corrected chi connectivity index (χ2v) is 13.9. The summed E-state index contributed by atoms with van der Waals surface area (Å²) in [6.07, 6.45) is -4.68. The fraction of sp³-hybridized carbons (Fsp3) is 0.364. The highest BCUT2D eigenvalue weighted by molar-refractivity contribution is 7.92. The number of rotatable bonds is 9. The average Bonchev–Trinajstić information content (AvgIpc) is 3.34. The zero-order valence-corrected chi connectivity index (χ0v) is 26.3. The predicted molar refractivity (Wildman–Crippen MR) is 168 cm³/mol. The Bertz CT molecular complexity index is 1770. The second kappa shape index (κ2) is 12.9. The molecule has 4 aromatic rings. The summed E-state index contributed by atoms with van der Waals surface area (Å²) in [7, 11) is -4.32. The van der Waals surface area contributed by atoms with Crippen molar-refractivity contribution in [2.45, 2.75) is 43.8 Å². The summed E-state index contributed by atoms with van der Waals surface area (Å²) in [5.41, 5.74) is 2.37. The average molecular weight is 643 g/mol. The summed E-state index contributed by atoms with van der Waals surface area (Å²) in [5, 5.41) is 3.61. The zero-order chi connectivity index (χ0) is 32.4. The molecule has 0 aliphatic carbocycles. The van der Waals surface area contributed by atoms with Crippen molar-refractivity contribution >= 4 is 32.5 Å². The summed E-state index contributed by atoms with van der Waals surface area (Å²) in [4.78, 5) is 15.2. The number of hydrogen-bond donors (Lipinski definition) is 2. The third-order valence-electron chi connectivity index (χ3n) is 7.84. The number of nitrogens with zero attached hydrogens (tertiary/aromatic N) is 2. The molecule has 0 saturated carbocycles. The van der Waals surface area contributed by atoms with Gasteiger partial charge in [-0.2, -0.15) is 13.2 Å². The molecule has 3 aromatic carbocycles. The van der Waals surface area contributed by atoms with Gasteiger partial charge in [0.2, 0.25) is 0 Å². The lowest BCUT2D eigenvalue weighted by Crippen LogP contribution is -2.41. The molecule has 12 heteroatoms. The van der Waals surface area contributed by atoms with Crippen molar-refractivity contribution < 1.29 is 31.1 Å².